The highest BCUT2D eigenvalue weighted by atomic mass is 32.2. The van der Waals surface area contributed by atoms with E-state index in [1.54, 1.807) is 11.8 Å². The van der Waals surface area contributed by atoms with Crippen molar-refractivity contribution in [3.05, 3.63) is 0 Å². The van der Waals surface area contributed by atoms with Gasteiger partial charge in [-0.25, -0.2) is 0 Å². The second-order valence-corrected chi connectivity index (χ2v) is 7.04. The fraction of sp³-hybridized carbons (Fsp3) is 0.923. The number of aliphatic hydroxyl groups excluding tert-OH is 1. The molecule has 3 fully saturated rings. The van der Waals surface area contributed by atoms with E-state index in [1.807, 2.05) is 0 Å². The van der Waals surface area contributed by atoms with E-state index in [1.165, 1.54) is 19.3 Å². The van der Waals surface area contributed by atoms with Crippen LogP contribution in [0.2, 0.25) is 0 Å². The largest absolute Gasteiger partial charge is 0.391 e. The molecule has 0 bridgehead atoms. The molecule has 0 spiro atoms. The Morgan fingerprint density at radius 3 is 2.95 bits per heavy atom. The fourth-order valence-electron chi connectivity index (χ4n) is 2.80. The molecule has 3 heterocycles. The Hall–Kier alpha value is -0.300. The minimum atomic E-state index is -0.351. The number of amidine groups is 1. The van der Waals surface area contributed by atoms with Crippen LogP contribution >= 0.6 is 11.8 Å². The van der Waals surface area contributed by atoms with Crippen LogP contribution in [0.15, 0.2) is 4.99 Å². The number of nitrogens with zero attached hydrogens (tertiary/aromatic N) is 2. The molecule has 2 saturated heterocycles. The van der Waals surface area contributed by atoms with Crippen molar-refractivity contribution in [1.82, 2.24) is 10.2 Å². The molecule has 0 aromatic rings. The van der Waals surface area contributed by atoms with Gasteiger partial charge in [0, 0.05) is 32.1 Å². The number of thioether (sulfide) groups is 1. The SMILES string of the molecule is OC1CC(CNC2CC2)OC2SC(N3CCC3)=NC12. The number of ether oxygens (including phenoxy) is 1. The van der Waals surface area contributed by atoms with E-state index in [4.69, 9.17) is 4.74 Å². The standard InChI is InChI=1S/C13H21N3O2S/c17-10-6-9(7-14-8-2-3-8)18-12-11(10)15-13(19-12)16-4-1-5-16/h8-12,14,17H,1-7H2. The predicted molar refractivity (Wildman–Crippen MR) is 75.3 cm³/mol. The summed E-state index contributed by atoms with van der Waals surface area (Å²) in [4.78, 5) is 6.95. The van der Waals surface area contributed by atoms with Crippen molar-refractivity contribution < 1.29 is 9.84 Å². The Kier molecular flexibility index (Phi) is 3.22. The van der Waals surface area contributed by atoms with Crippen molar-refractivity contribution in [3.63, 3.8) is 0 Å². The Morgan fingerprint density at radius 2 is 2.26 bits per heavy atom. The van der Waals surface area contributed by atoms with Crippen molar-refractivity contribution >= 4 is 16.9 Å². The number of hydrogen-bond acceptors (Lipinski definition) is 6. The van der Waals surface area contributed by atoms with Crippen LogP contribution in [-0.2, 0) is 4.74 Å². The first kappa shape index (κ1) is 12.4. The summed E-state index contributed by atoms with van der Waals surface area (Å²) in [6.07, 6.45) is 4.33. The van der Waals surface area contributed by atoms with E-state index < -0.39 is 0 Å². The van der Waals surface area contributed by atoms with Crippen LogP contribution in [-0.4, -0.2) is 64.5 Å². The van der Waals surface area contributed by atoms with Gasteiger partial charge in [0.15, 0.2) is 5.17 Å². The molecule has 1 saturated carbocycles. The van der Waals surface area contributed by atoms with Gasteiger partial charge in [-0.3, -0.25) is 4.99 Å². The van der Waals surface area contributed by atoms with Crippen LogP contribution in [0.1, 0.15) is 25.7 Å². The molecular weight excluding hydrogens is 262 g/mol. The maximum atomic E-state index is 10.3. The molecule has 4 rings (SSSR count). The first-order chi connectivity index (χ1) is 9.29. The van der Waals surface area contributed by atoms with E-state index >= 15 is 0 Å². The second-order valence-electron chi connectivity index (χ2n) is 5.97. The lowest BCUT2D eigenvalue weighted by atomic mass is 10.0. The van der Waals surface area contributed by atoms with E-state index in [0.29, 0.717) is 12.5 Å². The first-order valence-corrected chi connectivity index (χ1v) is 8.24. The summed E-state index contributed by atoms with van der Waals surface area (Å²) in [6.45, 7) is 3.08. The van der Waals surface area contributed by atoms with Gasteiger partial charge in [0.25, 0.3) is 0 Å². The quantitative estimate of drug-likeness (QED) is 0.785. The molecule has 0 aromatic heterocycles. The van der Waals surface area contributed by atoms with Gasteiger partial charge in [-0.15, -0.1) is 0 Å². The van der Waals surface area contributed by atoms with Gasteiger partial charge in [-0.05, 0) is 19.3 Å². The molecule has 0 aromatic carbocycles. The van der Waals surface area contributed by atoms with Crippen LogP contribution in [0.25, 0.3) is 0 Å². The van der Waals surface area contributed by atoms with Crippen molar-refractivity contribution in [2.45, 2.75) is 55.4 Å². The topological polar surface area (TPSA) is 57.1 Å². The van der Waals surface area contributed by atoms with Gasteiger partial charge < -0.3 is 20.1 Å². The van der Waals surface area contributed by atoms with E-state index in [9.17, 15) is 5.11 Å². The summed E-state index contributed by atoms with van der Waals surface area (Å²) in [5, 5.41) is 14.8. The summed E-state index contributed by atoms with van der Waals surface area (Å²) in [5.41, 5.74) is 0.0188. The Balaban J connectivity index is 1.36. The minimum Gasteiger partial charge on any atom is -0.391 e. The molecule has 4 atom stereocenters. The third kappa shape index (κ3) is 2.51. The molecule has 2 N–H and O–H groups in total. The summed E-state index contributed by atoms with van der Waals surface area (Å²) in [5.74, 6) is 0. The van der Waals surface area contributed by atoms with Gasteiger partial charge in [-0.2, -0.15) is 0 Å². The Bertz CT molecular complexity index is 384. The van der Waals surface area contributed by atoms with Crippen LogP contribution in [0.3, 0.4) is 0 Å². The molecule has 106 valence electrons. The Labute approximate surface area is 117 Å². The molecule has 19 heavy (non-hydrogen) atoms. The molecular formula is C13H21N3O2S. The normalized spacial score (nSPS) is 41.7. The highest BCUT2D eigenvalue weighted by Crippen LogP contribution is 2.38. The lowest BCUT2D eigenvalue weighted by molar-refractivity contribution is -0.0683. The van der Waals surface area contributed by atoms with Crippen molar-refractivity contribution in [2.75, 3.05) is 19.6 Å². The Morgan fingerprint density at radius 1 is 1.42 bits per heavy atom. The number of rotatable bonds is 3. The number of hydrogen-bond donors (Lipinski definition) is 2. The average Bonchev–Trinajstić information content (AvgIpc) is 3.05. The molecule has 6 heteroatoms. The maximum absolute atomic E-state index is 10.3. The highest BCUT2D eigenvalue weighted by Gasteiger charge is 2.44. The number of aliphatic hydroxyl groups is 1. The van der Waals surface area contributed by atoms with Crippen molar-refractivity contribution in [2.24, 2.45) is 4.99 Å². The summed E-state index contributed by atoms with van der Waals surface area (Å²) >= 11 is 1.70. The van der Waals surface area contributed by atoms with Crippen LogP contribution < -0.4 is 5.32 Å². The highest BCUT2D eigenvalue weighted by molar-refractivity contribution is 8.14. The average molecular weight is 283 g/mol. The molecule has 4 aliphatic rings. The number of nitrogens with one attached hydrogen (secondary N) is 1. The zero-order chi connectivity index (χ0) is 12.8. The monoisotopic (exact) mass is 283 g/mol. The zero-order valence-corrected chi connectivity index (χ0v) is 11.8. The van der Waals surface area contributed by atoms with E-state index in [2.05, 4.69) is 15.2 Å². The molecule has 5 nitrogen and oxygen atoms in total. The van der Waals surface area contributed by atoms with Gasteiger partial charge in [0.2, 0.25) is 0 Å². The number of fused-ring (bicyclic) bond motifs is 1. The minimum absolute atomic E-state index is 0.0188. The van der Waals surface area contributed by atoms with Gasteiger partial charge >= 0.3 is 0 Å². The maximum Gasteiger partial charge on any atom is 0.162 e. The fourth-order valence-corrected chi connectivity index (χ4v) is 4.12. The van der Waals surface area contributed by atoms with E-state index in [0.717, 1.165) is 24.8 Å². The zero-order valence-electron chi connectivity index (χ0n) is 11.0. The molecule has 0 amide bonds. The van der Waals surface area contributed by atoms with Crippen molar-refractivity contribution in [3.8, 4) is 0 Å². The third-order valence-corrected chi connectivity index (χ3v) is 5.52. The molecule has 0 radical (unpaired) electrons. The van der Waals surface area contributed by atoms with Gasteiger partial charge in [0.1, 0.15) is 11.5 Å². The van der Waals surface area contributed by atoms with Gasteiger partial charge in [-0.1, -0.05) is 11.8 Å². The van der Waals surface area contributed by atoms with E-state index in [-0.39, 0.29) is 23.7 Å². The summed E-state index contributed by atoms with van der Waals surface area (Å²) in [7, 11) is 0. The van der Waals surface area contributed by atoms with Crippen LogP contribution in [0, 0.1) is 0 Å². The molecule has 4 unspecified atom stereocenters. The predicted octanol–water partition coefficient (Wildman–Crippen LogP) is 0.391. The lowest BCUT2D eigenvalue weighted by Gasteiger charge is -2.34. The van der Waals surface area contributed by atoms with Crippen LogP contribution in [0.5, 0.6) is 0 Å². The summed E-state index contributed by atoms with van der Waals surface area (Å²) < 4.78 is 6.11. The number of aliphatic imine (C=N–C) groups is 1. The first-order valence-electron chi connectivity index (χ1n) is 7.36. The molecule has 3 aliphatic heterocycles. The van der Waals surface area contributed by atoms with Crippen molar-refractivity contribution in [1.29, 1.82) is 0 Å². The summed E-state index contributed by atoms with van der Waals surface area (Å²) in [6, 6.07) is 0.639. The number of likely N-dealkylation sites (tertiary alicyclic amines) is 1. The van der Waals surface area contributed by atoms with Gasteiger partial charge in [0.05, 0.1) is 12.2 Å². The van der Waals surface area contributed by atoms with Crippen LogP contribution in [0.4, 0.5) is 0 Å². The second kappa shape index (κ2) is 4.91. The third-order valence-electron chi connectivity index (χ3n) is 4.32. The smallest absolute Gasteiger partial charge is 0.162 e. The lowest BCUT2D eigenvalue weighted by Crippen LogP contribution is -2.47. The molecule has 1 aliphatic carbocycles.